The molecule has 3 N–H and O–H groups in total. The summed E-state index contributed by atoms with van der Waals surface area (Å²) in [5.41, 5.74) is 1.45. The number of nitrogens with zero attached hydrogens (tertiary/aromatic N) is 2. The Kier molecular flexibility index (Phi) is 12.2. The molecule has 0 saturated carbocycles. The van der Waals surface area contributed by atoms with Crippen LogP contribution >= 0.6 is 11.6 Å². The third-order valence-corrected chi connectivity index (χ3v) is 7.78. The van der Waals surface area contributed by atoms with Crippen molar-refractivity contribution in [2.24, 2.45) is 5.92 Å². The van der Waals surface area contributed by atoms with Crippen LogP contribution in [0.15, 0.2) is 72.8 Å². The van der Waals surface area contributed by atoms with E-state index in [2.05, 4.69) is 16.0 Å². The van der Waals surface area contributed by atoms with Crippen LogP contribution in [0.4, 0.5) is 31.4 Å². The summed E-state index contributed by atoms with van der Waals surface area (Å²) in [4.78, 5) is 55.1. The summed E-state index contributed by atoms with van der Waals surface area (Å²) in [7, 11) is 0. The zero-order valence-corrected chi connectivity index (χ0v) is 29.7. The molecule has 1 heterocycles. The predicted octanol–water partition coefficient (Wildman–Crippen LogP) is 8.62. The Labute approximate surface area is 293 Å². The molecule has 3 aromatic rings. The maximum atomic E-state index is 13.6. The molecular formula is C37H46ClN5O6. The average Bonchev–Trinajstić information content (AvgIpc) is 3.01. The van der Waals surface area contributed by atoms with Gasteiger partial charge in [-0.1, -0.05) is 35.9 Å². The second kappa shape index (κ2) is 16.1. The highest BCUT2D eigenvalue weighted by atomic mass is 35.5. The first-order valence-electron chi connectivity index (χ1n) is 16.3. The Balaban J connectivity index is 1.42. The van der Waals surface area contributed by atoms with Crippen molar-refractivity contribution in [2.75, 3.05) is 35.6 Å². The quantitative estimate of drug-likeness (QED) is 0.217. The molecule has 49 heavy (non-hydrogen) atoms. The molecule has 3 aromatic carbocycles. The highest BCUT2D eigenvalue weighted by molar-refractivity contribution is 6.30. The van der Waals surface area contributed by atoms with Crippen LogP contribution in [-0.2, 0) is 16.0 Å². The second-order valence-corrected chi connectivity index (χ2v) is 14.5. The molecule has 1 aliphatic heterocycles. The summed E-state index contributed by atoms with van der Waals surface area (Å²) in [5, 5.41) is 9.07. The van der Waals surface area contributed by atoms with Gasteiger partial charge in [0.25, 0.3) is 5.91 Å². The maximum absolute atomic E-state index is 13.6. The van der Waals surface area contributed by atoms with E-state index in [9.17, 15) is 19.2 Å². The summed E-state index contributed by atoms with van der Waals surface area (Å²) < 4.78 is 10.9. The normalized spacial score (nSPS) is 13.7. The fourth-order valence-corrected chi connectivity index (χ4v) is 5.31. The van der Waals surface area contributed by atoms with E-state index in [1.807, 2.05) is 32.9 Å². The van der Waals surface area contributed by atoms with E-state index in [1.165, 1.54) is 0 Å². The Bertz CT molecular complexity index is 1610. The number of hydrogen-bond donors (Lipinski definition) is 3. The number of hydrogen-bond acceptors (Lipinski definition) is 6. The van der Waals surface area contributed by atoms with Gasteiger partial charge >= 0.3 is 18.2 Å². The van der Waals surface area contributed by atoms with Crippen molar-refractivity contribution in [3.63, 3.8) is 0 Å². The lowest BCUT2D eigenvalue weighted by Crippen LogP contribution is -2.45. The number of carbonyl (C=O) groups excluding carboxylic acids is 4. The van der Waals surface area contributed by atoms with Gasteiger partial charge in [0, 0.05) is 42.5 Å². The summed E-state index contributed by atoms with van der Waals surface area (Å²) >= 11 is 6.03. The zero-order chi connectivity index (χ0) is 35.8. The molecule has 4 rings (SSSR count). The zero-order valence-electron chi connectivity index (χ0n) is 29.0. The lowest BCUT2D eigenvalue weighted by molar-refractivity contribution is 0.0173. The summed E-state index contributed by atoms with van der Waals surface area (Å²) in [5.74, 6) is -0.187. The van der Waals surface area contributed by atoms with Crippen LogP contribution in [0.5, 0.6) is 0 Å². The molecule has 262 valence electrons. The van der Waals surface area contributed by atoms with Crippen molar-refractivity contribution >= 4 is 52.8 Å². The predicted molar refractivity (Wildman–Crippen MR) is 192 cm³/mol. The topological polar surface area (TPSA) is 129 Å². The van der Waals surface area contributed by atoms with Gasteiger partial charge in [-0.25, -0.2) is 14.4 Å². The molecule has 12 heteroatoms. The first-order chi connectivity index (χ1) is 23.0. The van der Waals surface area contributed by atoms with E-state index in [1.54, 1.807) is 91.2 Å². The number of piperidine rings is 1. The molecular weight excluding hydrogens is 646 g/mol. The lowest BCUT2D eigenvalue weighted by atomic mass is 9.96. The van der Waals surface area contributed by atoms with Gasteiger partial charge in [-0.3, -0.25) is 10.1 Å². The molecule has 1 aliphatic rings. The number of benzene rings is 3. The van der Waals surface area contributed by atoms with Gasteiger partial charge in [0.1, 0.15) is 11.2 Å². The number of likely N-dealkylation sites (tertiary alicyclic amines) is 1. The third-order valence-electron chi connectivity index (χ3n) is 7.53. The van der Waals surface area contributed by atoms with Crippen molar-refractivity contribution < 1.29 is 28.7 Å². The number of amides is 5. The smallest absolute Gasteiger partial charge is 0.412 e. The molecule has 5 amide bonds. The highest BCUT2D eigenvalue weighted by Gasteiger charge is 2.29. The minimum atomic E-state index is -0.671. The Morgan fingerprint density at radius 3 is 1.92 bits per heavy atom. The molecule has 0 aliphatic carbocycles. The van der Waals surface area contributed by atoms with Crippen LogP contribution in [-0.4, -0.2) is 64.8 Å². The number of urea groups is 1. The van der Waals surface area contributed by atoms with Crippen molar-refractivity contribution in [2.45, 2.75) is 72.1 Å². The van der Waals surface area contributed by atoms with Gasteiger partial charge < -0.3 is 29.9 Å². The molecule has 11 nitrogen and oxygen atoms in total. The highest BCUT2D eigenvalue weighted by Crippen LogP contribution is 2.25. The van der Waals surface area contributed by atoms with Crippen LogP contribution in [0.1, 0.15) is 70.3 Å². The first kappa shape index (κ1) is 37.1. The summed E-state index contributed by atoms with van der Waals surface area (Å²) in [6.45, 7) is 12.7. The van der Waals surface area contributed by atoms with Gasteiger partial charge in [-0.2, -0.15) is 0 Å². The second-order valence-electron chi connectivity index (χ2n) is 14.1. The SMILES string of the molecule is CC(C)(C)OC(=O)Nc1ccccc1NC(=O)c1ccc(CN(CC2CCN(C(=O)OC(C)(C)C)CC2)C(=O)Nc2ccc(Cl)cc2)cc1. The number of halogens is 1. The number of carbonyl (C=O) groups is 4. The Morgan fingerprint density at radius 2 is 1.35 bits per heavy atom. The largest absolute Gasteiger partial charge is 0.444 e. The van der Waals surface area contributed by atoms with Crippen molar-refractivity contribution in [1.82, 2.24) is 9.80 Å². The van der Waals surface area contributed by atoms with E-state index in [4.69, 9.17) is 21.1 Å². The lowest BCUT2D eigenvalue weighted by Gasteiger charge is -2.35. The van der Waals surface area contributed by atoms with Crippen LogP contribution in [0, 0.1) is 5.92 Å². The molecule has 0 aromatic heterocycles. The van der Waals surface area contributed by atoms with Crippen molar-refractivity contribution in [3.05, 3.63) is 88.9 Å². The van der Waals surface area contributed by atoms with E-state index >= 15 is 0 Å². The minimum Gasteiger partial charge on any atom is -0.444 e. The molecule has 0 unspecified atom stereocenters. The summed E-state index contributed by atoms with van der Waals surface area (Å²) in [6, 6.07) is 20.5. The minimum absolute atomic E-state index is 0.175. The van der Waals surface area contributed by atoms with E-state index in [-0.39, 0.29) is 23.9 Å². The van der Waals surface area contributed by atoms with Gasteiger partial charge in [-0.05, 0) is 114 Å². The van der Waals surface area contributed by atoms with E-state index < -0.39 is 17.3 Å². The number of ether oxygens (including phenoxy) is 2. The van der Waals surface area contributed by atoms with Gasteiger partial charge in [-0.15, -0.1) is 0 Å². The van der Waals surface area contributed by atoms with Gasteiger partial charge in [0.15, 0.2) is 0 Å². The number of para-hydroxylation sites is 2. The molecule has 1 fully saturated rings. The standard InChI is InChI=1S/C37H46ClN5O6/c1-36(2,3)48-34(46)41-31-10-8-7-9-30(31)40-32(44)27-13-11-25(12-14-27)23-43(33(45)39-29-17-15-28(38)16-18-29)24-26-19-21-42(22-20-26)35(47)49-37(4,5)6/h7-18,26H,19-24H2,1-6H3,(H,39,45)(H,40,44)(H,41,46). The molecule has 0 spiro atoms. The summed E-state index contributed by atoms with van der Waals surface area (Å²) in [6.07, 6.45) is 0.507. The molecule has 0 atom stereocenters. The maximum Gasteiger partial charge on any atom is 0.412 e. The van der Waals surface area contributed by atoms with Crippen LogP contribution < -0.4 is 16.0 Å². The first-order valence-corrected chi connectivity index (χ1v) is 16.7. The average molecular weight is 692 g/mol. The van der Waals surface area contributed by atoms with Crippen LogP contribution in [0.3, 0.4) is 0 Å². The van der Waals surface area contributed by atoms with E-state index in [0.717, 1.165) is 18.4 Å². The Morgan fingerprint density at radius 1 is 0.776 bits per heavy atom. The Hall–Kier alpha value is -4.77. The van der Waals surface area contributed by atoms with Crippen LogP contribution in [0.25, 0.3) is 0 Å². The molecule has 1 saturated heterocycles. The van der Waals surface area contributed by atoms with Gasteiger partial charge in [0.05, 0.1) is 11.4 Å². The van der Waals surface area contributed by atoms with E-state index in [0.29, 0.717) is 53.8 Å². The number of rotatable bonds is 8. The fraction of sp³-hybridized carbons (Fsp3) is 0.405. The fourth-order valence-electron chi connectivity index (χ4n) is 5.18. The third kappa shape index (κ3) is 12.0. The number of anilines is 3. The number of nitrogens with one attached hydrogen (secondary N) is 3. The molecule has 0 bridgehead atoms. The van der Waals surface area contributed by atoms with Gasteiger partial charge in [0.2, 0.25) is 0 Å². The monoisotopic (exact) mass is 691 g/mol. The van der Waals surface area contributed by atoms with Crippen LogP contribution in [0.2, 0.25) is 5.02 Å². The molecule has 0 radical (unpaired) electrons. The van der Waals surface area contributed by atoms with Crippen molar-refractivity contribution in [1.29, 1.82) is 0 Å². The van der Waals surface area contributed by atoms with Crippen molar-refractivity contribution in [3.8, 4) is 0 Å².